The van der Waals surface area contributed by atoms with Crippen LogP contribution in [0, 0.1) is 17.8 Å². The third-order valence-electron chi connectivity index (χ3n) is 3.25. The van der Waals surface area contributed by atoms with Crippen molar-refractivity contribution < 1.29 is 9.53 Å². The summed E-state index contributed by atoms with van der Waals surface area (Å²) in [5.74, 6) is 1.52. The Labute approximate surface area is 78.6 Å². The number of rotatable bonds is 3. The lowest BCUT2D eigenvalue weighted by molar-refractivity contribution is -0.145. The monoisotopic (exact) mass is 183 g/mol. The summed E-state index contributed by atoms with van der Waals surface area (Å²) in [6, 6.07) is 0.397. The molecule has 0 aromatic rings. The zero-order valence-electron chi connectivity index (χ0n) is 8.03. The summed E-state index contributed by atoms with van der Waals surface area (Å²) < 4.78 is 4.97. The van der Waals surface area contributed by atoms with Gasteiger partial charge in [-0.05, 0) is 38.0 Å². The molecule has 0 aliphatic heterocycles. The van der Waals surface area contributed by atoms with Gasteiger partial charge >= 0.3 is 5.97 Å². The first-order valence-electron chi connectivity index (χ1n) is 5.14. The molecule has 0 bridgehead atoms. The molecule has 3 heteroatoms. The van der Waals surface area contributed by atoms with E-state index < -0.39 is 0 Å². The molecular weight excluding hydrogens is 166 g/mol. The zero-order valence-corrected chi connectivity index (χ0v) is 8.03. The summed E-state index contributed by atoms with van der Waals surface area (Å²) in [6.45, 7) is 2.36. The van der Waals surface area contributed by atoms with E-state index in [9.17, 15) is 4.79 Å². The van der Waals surface area contributed by atoms with Crippen molar-refractivity contribution in [3.8, 4) is 0 Å². The molecule has 0 spiro atoms. The van der Waals surface area contributed by atoms with Crippen molar-refractivity contribution in [2.24, 2.45) is 23.5 Å². The van der Waals surface area contributed by atoms with Crippen molar-refractivity contribution in [3.05, 3.63) is 0 Å². The third kappa shape index (κ3) is 1.70. The van der Waals surface area contributed by atoms with E-state index in [0.717, 1.165) is 19.3 Å². The van der Waals surface area contributed by atoms with Crippen LogP contribution in [0.3, 0.4) is 0 Å². The number of esters is 1. The normalized spacial score (nSPS) is 42.3. The first-order valence-corrected chi connectivity index (χ1v) is 5.14. The van der Waals surface area contributed by atoms with E-state index in [0.29, 0.717) is 24.5 Å². The molecule has 74 valence electrons. The molecule has 2 atom stereocenters. The number of hydrogen-bond acceptors (Lipinski definition) is 3. The van der Waals surface area contributed by atoms with Gasteiger partial charge in [0.25, 0.3) is 0 Å². The first-order chi connectivity index (χ1) is 6.22. The van der Waals surface area contributed by atoms with Gasteiger partial charge in [-0.1, -0.05) is 0 Å². The smallest absolute Gasteiger partial charge is 0.309 e. The predicted molar refractivity (Wildman–Crippen MR) is 48.9 cm³/mol. The van der Waals surface area contributed by atoms with Crippen LogP contribution in [0.15, 0.2) is 0 Å². The van der Waals surface area contributed by atoms with Crippen LogP contribution in [0.1, 0.15) is 26.2 Å². The van der Waals surface area contributed by atoms with Crippen LogP contribution in [0.25, 0.3) is 0 Å². The maximum Gasteiger partial charge on any atom is 0.309 e. The molecule has 2 fully saturated rings. The van der Waals surface area contributed by atoms with Gasteiger partial charge in [-0.2, -0.15) is 0 Å². The maximum absolute atomic E-state index is 11.3. The second kappa shape index (κ2) is 3.29. The van der Waals surface area contributed by atoms with Crippen molar-refractivity contribution in [2.45, 2.75) is 32.2 Å². The van der Waals surface area contributed by atoms with Crippen LogP contribution < -0.4 is 5.73 Å². The quantitative estimate of drug-likeness (QED) is 0.662. The number of hydrogen-bond donors (Lipinski definition) is 1. The highest BCUT2D eigenvalue weighted by atomic mass is 16.5. The second-order valence-electron chi connectivity index (χ2n) is 4.25. The number of carbonyl (C=O) groups is 1. The number of nitrogens with two attached hydrogens (primary N) is 1. The van der Waals surface area contributed by atoms with Crippen molar-refractivity contribution in [1.82, 2.24) is 0 Å². The SMILES string of the molecule is CCOC(=O)[C@H]1CC1C1CC(N)C1. The molecule has 0 heterocycles. The van der Waals surface area contributed by atoms with E-state index in [1.807, 2.05) is 6.92 Å². The summed E-state index contributed by atoms with van der Waals surface area (Å²) >= 11 is 0. The summed E-state index contributed by atoms with van der Waals surface area (Å²) in [5.41, 5.74) is 5.70. The molecule has 2 aliphatic carbocycles. The van der Waals surface area contributed by atoms with E-state index in [1.54, 1.807) is 0 Å². The Morgan fingerprint density at radius 3 is 2.69 bits per heavy atom. The predicted octanol–water partition coefficient (Wildman–Crippen LogP) is 0.923. The molecular formula is C10H17NO2. The molecule has 0 saturated heterocycles. The molecule has 0 radical (unpaired) electrons. The van der Waals surface area contributed by atoms with Crippen molar-refractivity contribution in [2.75, 3.05) is 6.61 Å². The van der Waals surface area contributed by atoms with Crippen LogP contribution in [0.4, 0.5) is 0 Å². The third-order valence-corrected chi connectivity index (χ3v) is 3.25. The summed E-state index contributed by atoms with van der Waals surface area (Å²) in [6.07, 6.45) is 3.26. The minimum Gasteiger partial charge on any atom is -0.466 e. The highest BCUT2D eigenvalue weighted by Crippen LogP contribution is 2.51. The Morgan fingerprint density at radius 2 is 2.15 bits per heavy atom. The fourth-order valence-corrected chi connectivity index (χ4v) is 2.31. The van der Waals surface area contributed by atoms with E-state index in [1.165, 1.54) is 0 Å². The van der Waals surface area contributed by atoms with Gasteiger partial charge in [0.1, 0.15) is 0 Å². The lowest BCUT2D eigenvalue weighted by Gasteiger charge is -2.32. The zero-order chi connectivity index (χ0) is 9.42. The van der Waals surface area contributed by atoms with Gasteiger partial charge in [0, 0.05) is 6.04 Å². The van der Waals surface area contributed by atoms with Crippen LogP contribution >= 0.6 is 0 Å². The van der Waals surface area contributed by atoms with Gasteiger partial charge < -0.3 is 10.5 Å². The topological polar surface area (TPSA) is 52.3 Å². The molecule has 2 saturated carbocycles. The highest BCUT2D eigenvalue weighted by molar-refractivity contribution is 5.75. The molecule has 3 nitrogen and oxygen atoms in total. The molecule has 0 aromatic heterocycles. The molecule has 2 rings (SSSR count). The minimum absolute atomic E-state index is 0.00738. The van der Waals surface area contributed by atoms with Gasteiger partial charge in [-0.3, -0.25) is 4.79 Å². The van der Waals surface area contributed by atoms with Gasteiger partial charge in [-0.25, -0.2) is 0 Å². The fourth-order valence-electron chi connectivity index (χ4n) is 2.31. The Morgan fingerprint density at radius 1 is 1.46 bits per heavy atom. The average Bonchev–Trinajstić information content (AvgIpc) is 2.78. The highest BCUT2D eigenvalue weighted by Gasteiger charge is 2.51. The Bertz CT molecular complexity index is 211. The standard InChI is InChI=1S/C10H17NO2/c1-2-13-10(12)9-5-8(9)6-3-7(11)4-6/h6-9H,2-5,11H2,1H3/t6?,7?,8?,9-/m0/s1. The number of ether oxygens (including phenoxy) is 1. The maximum atomic E-state index is 11.3. The lowest BCUT2D eigenvalue weighted by Crippen LogP contribution is -2.37. The Kier molecular flexibility index (Phi) is 2.28. The molecule has 13 heavy (non-hydrogen) atoms. The molecule has 0 amide bonds. The first kappa shape index (κ1) is 9.00. The molecule has 1 unspecified atom stereocenters. The minimum atomic E-state index is 0.00738. The van der Waals surface area contributed by atoms with Crippen molar-refractivity contribution in [3.63, 3.8) is 0 Å². The van der Waals surface area contributed by atoms with Gasteiger partial charge in [0.05, 0.1) is 12.5 Å². The van der Waals surface area contributed by atoms with E-state index >= 15 is 0 Å². The van der Waals surface area contributed by atoms with E-state index in [4.69, 9.17) is 10.5 Å². The van der Waals surface area contributed by atoms with Crippen LogP contribution in [0.2, 0.25) is 0 Å². The van der Waals surface area contributed by atoms with Crippen molar-refractivity contribution >= 4 is 5.97 Å². The van der Waals surface area contributed by atoms with E-state index in [2.05, 4.69) is 0 Å². The Hall–Kier alpha value is -0.570. The summed E-state index contributed by atoms with van der Waals surface area (Å²) in [5, 5.41) is 0. The second-order valence-corrected chi connectivity index (χ2v) is 4.25. The molecule has 0 aromatic carbocycles. The Balaban J connectivity index is 1.73. The van der Waals surface area contributed by atoms with Crippen LogP contribution in [0.5, 0.6) is 0 Å². The molecule has 2 N–H and O–H groups in total. The van der Waals surface area contributed by atoms with Gasteiger partial charge in [0.15, 0.2) is 0 Å². The number of carbonyl (C=O) groups excluding carboxylic acids is 1. The summed E-state index contributed by atoms with van der Waals surface area (Å²) in [7, 11) is 0. The van der Waals surface area contributed by atoms with Crippen molar-refractivity contribution in [1.29, 1.82) is 0 Å². The average molecular weight is 183 g/mol. The van der Waals surface area contributed by atoms with Gasteiger partial charge in [0.2, 0.25) is 0 Å². The fraction of sp³-hybridized carbons (Fsp3) is 0.900. The molecule has 2 aliphatic rings. The van der Waals surface area contributed by atoms with E-state index in [-0.39, 0.29) is 11.9 Å². The van der Waals surface area contributed by atoms with Crippen LogP contribution in [-0.2, 0) is 9.53 Å². The van der Waals surface area contributed by atoms with Crippen LogP contribution in [-0.4, -0.2) is 18.6 Å². The largest absolute Gasteiger partial charge is 0.466 e. The summed E-state index contributed by atoms with van der Waals surface area (Å²) in [4.78, 5) is 11.3. The van der Waals surface area contributed by atoms with Gasteiger partial charge in [-0.15, -0.1) is 0 Å². The lowest BCUT2D eigenvalue weighted by atomic mass is 9.77.